The number of carbonyl (C=O) groups is 1. The van der Waals surface area contributed by atoms with Crippen molar-refractivity contribution in [1.82, 2.24) is 25.1 Å². The molecule has 1 amide bonds. The number of fused-ring (bicyclic) bond motifs is 1. The molecule has 36 heavy (non-hydrogen) atoms. The number of aryl methyl sites for hydroxylation is 2. The van der Waals surface area contributed by atoms with Crippen LogP contribution >= 0.6 is 0 Å². The van der Waals surface area contributed by atoms with Gasteiger partial charge in [-0.25, -0.2) is 18.7 Å². The van der Waals surface area contributed by atoms with Crippen LogP contribution in [0.1, 0.15) is 53.5 Å². The van der Waals surface area contributed by atoms with Crippen LogP contribution in [0, 0.1) is 31.4 Å². The second-order valence-electron chi connectivity index (χ2n) is 9.53. The topological polar surface area (TPSA) is 92.9 Å². The zero-order chi connectivity index (χ0) is 25.4. The Morgan fingerprint density at radius 2 is 1.69 bits per heavy atom. The Morgan fingerprint density at radius 1 is 1.03 bits per heavy atom. The minimum Gasteiger partial charge on any atom is -0.503 e. The van der Waals surface area contributed by atoms with Crippen molar-refractivity contribution >= 4 is 16.8 Å². The summed E-state index contributed by atoms with van der Waals surface area (Å²) in [6.45, 7) is 4.34. The van der Waals surface area contributed by atoms with Gasteiger partial charge in [0.2, 0.25) is 0 Å². The predicted molar refractivity (Wildman–Crippen MR) is 132 cm³/mol. The molecule has 0 saturated heterocycles. The van der Waals surface area contributed by atoms with Crippen molar-refractivity contribution in [3.05, 3.63) is 71.2 Å². The summed E-state index contributed by atoms with van der Waals surface area (Å²) in [5, 5.41) is 17.9. The number of nitrogens with one attached hydrogen (secondary N) is 1. The Bertz CT molecular complexity index is 1400. The van der Waals surface area contributed by atoms with Gasteiger partial charge in [-0.15, -0.1) is 0 Å². The number of phenolic OH excluding ortho intramolecular Hbond substituents is 1. The predicted octanol–water partition coefficient (Wildman–Crippen LogP) is 5.26. The average Bonchev–Trinajstić information content (AvgIpc) is 3.28. The largest absolute Gasteiger partial charge is 0.503 e. The lowest BCUT2D eigenvalue weighted by Gasteiger charge is -2.28. The third kappa shape index (κ3) is 4.91. The second kappa shape index (κ2) is 9.64. The highest BCUT2D eigenvalue weighted by atomic mass is 19.1. The molecular formula is C27H27F2N5O2. The normalized spacial score (nSPS) is 17.9. The third-order valence-corrected chi connectivity index (χ3v) is 6.79. The molecule has 2 N–H and O–H groups in total. The van der Waals surface area contributed by atoms with Crippen LogP contribution in [0.3, 0.4) is 0 Å². The molecule has 7 nitrogen and oxygen atoms in total. The number of carbonyl (C=O) groups excluding carboxylic acids is 1. The lowest BCUT2D eigenvalue weighted by Crippen LogP contribution is -2.31. The highest BCUT2D eigenvalue weighted by Gasteiger charge is 2.24. The first-order valence-electron chi connectivity index (χ1n) is 12.0. The van der Waals surface area contributed by atoms with Crippen molar-refractivity contribution in [3.8, 4) is 17.1 Å². The van der Waals surface area contributed by atoms with E-state index in [0.717, 1.165) is 65.7 Å². The van der Waals surface area contributed by atoms with E-state index in [9.17, 15) is 18.7 Å². The van der Waals surface area contributed by atoms with Crippen LogP contribution < -0.4 is 5.32 Å². The third-order valence-electron chi connectivity index (χ3n) is 6.79. The maximum absolute atomic E-state index is 13.5. The van der Waals surface area contributed by atoms with Gasteiger partial charge in [-0.1, -0.05) is 12.1 Å². The van der Waals surface area contributed by atoms with Gasteiger partial charge in [0, 0.05) is 40.6 Å². The molecule has 0 unspecified atom stereocenters. The fourth-order valence-corrected chi connectivity index (χ4v) is 4.87. The molecule has 4 aromatic rings. The summed E-state index contributed by atoms with van der Waals surface area (Å²) in [6.07, 6.45) is 5.72. The first-order valence-corrected chi connectivity index (χ1v) is 12.0. The van der Waals surface area contributed by atoms with Gasteiger partial charge in [0.15, 0.2) is 23.2 Å². The Morgan fingerprint density at radius 3 is 2.36 bits per heavy atom. The Labute approximate surface area is 207 Å². The molecule has 1 fully saturated rings. The monoisotopic (exact) mass is 491 g/mol. The molecular weight excluding hydrogens is 464 g/mol. The van der Waals surface area contributed by atoms with Gasteiger partial charge in [-0.2, -0.15) is 5.10 Å². The van der Waals surface area contributed by atoms with Crippen LogP contribution in [0.15, 0.2) is 42.6 Å². The molecule has 0 bridgehead atoms. The van der Waals surface area contributed by atoms with E-state index in [1.165, 1.54) is 0 Å². The number of amides is 1. The summed E-state index contributed by atoms with van der Waals surface area (Å²) in [7, 11) is 0. The molecule has 2 heterocycles. The average molecular weight is 492 g/mol. The van der Waals surface area contributed by atoms with E-state index in [4.69, 9.17) is 5.10 Å². The van der Waals surface area contributed by atoms with E-state index >= 15 is 0 Å². The fourth-order valence-electron chi connectivity index (χ4n) is 4.87. The van der Waals surface area contributed by atoms with Gasteiger partial charge in [0.25, 0.3) is 5.91 Å². The SMILES string of the molecule is Cc1cc(C)nc(-c2ccc3cn(C4CCC(CNC(=O)c5cc(F)c(O)c(F)c5)CC4)nc3c2)n1. The summed E-state index contributed by atoms with van der Waals surface area (Å²) in [4.78, 5) is 21.4. The van der Waals surface area contributed by atoms with Crippen LogP contribution in [-0.2, 0) is 0 Å². The van der Waals surface area contributed by atoms with E-state index in [-0.39, 0.29) is 17.5 Å². The minimum atomic E-state index is -1.15. The van der Waals surface area contributed by atoms with Crippen molar-refractivity contribution in [2.75, 3.05) is 6.54 Å². The first-order chi connectivity index (χ1) is 17.3. The van der Waals surface area contributed by atoms with Gasteiger partial charge in [0.1, 0.15) is 0 Å². The molecule has 5 rings (SSSR count). The van der Waals surface area contributed by atoms with Gasteiger partial charge in [0.05, 0.1) is 11.6 Å². The van der Waals surface area contributed by atoms with E-state index in [1.54, 1.807) is 0 Å². The quantitative estimate of drug-likeness (QED) is 0.398. The summed E-state index contributed by atoms with van der Waals surface area (Å²) in [5.74, 6) is -2.97. The molecule has 0 atom stereocenters. The Hall–Kier alpha value is -3.88. The summed E-state index contributed by atoms with van der Waals surface area (Å²) in [5.41, 5.74) is 3.55. The van der Waals surface area contributed by atoms with Gasteiger partial charge in [-0.3, -0.25) is 9.48 Å². The zero-order valence-electron chi connectivity index (χ0n) is 20.1. The molecule has 0 radical (unpaired) electrons. The number of hydrogen-bond acceptors (Lipinski definition) is 5. The van der Waals surface area contributed by atoms with Crippen molar-refractivity contribution in [2.45, 2.75) is 45.6 Å². The lowest BCUT2D eigenvalue weighted by molar-refractivity contribution is 0.0940. The van der Waals surface area contributed by atoms with Crippen LogP contribution in [0.2, 0.25) is 0 Å². The zero-order valence-corrected chi connectivity index (χ0v) is 20.1. The number of phenols is 1. The number of benzene rings is 2. The summed E-state index contributed by atoms with van der Waals surface area (Å²) in [6, 6.07) is 9.99. The number of aromatic hydroxyl groups is 1. The van der Waals surface area contributed by atoms with E-state index < -0.39 is 23.3 Å². The molecule has 1 aliphatic carbocycles. The lowest BCUT2D eigenvalue weighted by atomic mass is 9.86. The molecule has 1 aliphatic rings. The van der Waals surface area contributed by atoms with E-state index in [0.29, 0.717) is 12.4 Å². The van der Waals surface area contributed by atoms with E-state index in [2.05, 4.69) is 21.5 Å². The number of aromatic nitrogens is 4. The summed E-state index contributed by atoms with van der Waals surface area (Å²) >= 11 is 0. The Kier molecular flexibility index (Phi) is 6.38. The van der Waals surface area contributed by atoms with Crippen LogP contribution in [0.4, 0.5) is 8.78 Å². The number of halogens is 2. The van der Waals surface area contributed by atoms with Gasteiger partial charge in [-0.05, 0) is 69.7 Å². The van der Waals surface area contributed by atoms with Crippen LogP contribution in [-0.4, -0.2) is 37.3 Å². The molecule has 2 aromatic carbocycles. The van der Waals surface area contributed by atoms with Crippen molar-refractivity contribution < 1.29 is 18.7 Å². The number of rotatable bonds is 5. The first kappa shape index (κ1) is 23.8. The van der Waals surface area contributed by atoms with Crippen molar-refractivity contribution in [2.24, 2.45) is 5.92 Å². The maximum atomic E-state index is 13.5. The van der Waals surface area contributed by atoms with Crippen molar-refractivity contribution in [3.63, 3.8) is 0 Å². The molecule has 9 heteroatoms. The highest BCUT2D eigenvalue weighted by molar-refractivity contribution is 5.94. The maximum Gasteiger partial charge on any atom is 0.251 e. The van der Waals surface area contributed by atoms with Gasteiger partial charge < -0.3 is 10.4 Å². The summed E-state index contributed by atoms with van der Waals surface area (Å²) < 4.78 is 29.1. The van der Waals surface area contributed by atoms with Crippen LogP contribution in [0.25, 0.3) is 22.3 Å². The molecule has 2 aromatic heterocycles. The molecule has 0 aliphatic heterocycles. The molecule has 0 spiro atoms. The number of nitrogens with zero attached hydrogens (tertiary/aromatic N) is 4. The minimum absolute atomic E-state index is 0.148. The Balaban J connectivity index is 1.20. The van der Waals surface area contributed by atoms with Crippen molar-refractivity contribution in [1.29, 1.82) is 0 Å². The van der Waals surface area contributed by atoms with E-state index in [1.807, 2.05) is 42.8 Å². The smallest absolute Gasteiger partial charge is 0.251 e. The number of hydrogen-bond donors (Lipinski definition) is 2. The highest BCUT2D eigenvalue weighted by Crippen LogP contribution is 2.33. The van der Waals surface area contributed by atoms with Gasteiger partial charge >= 0.3 is 0 Å². The fraction of sp³-hybridized carbons (Fsp3) is 0.333. The second-order valence-corrected chi connectivity index (χ2v) is 9.53. The molecule has 186 valence electrons. The standard InChI is InChI=1S/C27H27F2N5O2/c1-15-9-16(2)32-26(31-15)18-5-6-19-14-34(33-24(19)12-18)21-7-3-17(4-8-21)13-30-27(36)20-10-22(28)25(35)23(29)11-20/h5-6,9-12,14,17,21,35H,3-4,7-8,13H2,1-2H3,(H,30,36). The molecule has 1 saturated carbocycles. The van der Waals surface area contributed by atoms with Crippen LogP contribution in [0.5, 0.6) is 5.75 Å².